The van der Waals surface area contributed by atoms with Gasteiger partial charge in [0.05, 0.1) is 6.54 Å². The second-order valence-corrected chi connectivity index (χ2v) is 4.27. The van der Waals surface area contributed by atoms with Gasteiger partial charge in [-0.25, -0.2) is 4.99 Å². The summed E-state index contributed by atoms with van der Waals surface area (Å²) in [7, 11) is 0. The predicted molar refractivity (Wildman–Crippen MR) is 72.2 cm³/mol. The first kappa shape index (κ1) is 10.8. The molecule has 2 aromatic rings. The molecule has 90 valence electrons. The number of aliphatic imine (C=N–C) groups is 1. The number of benzene rings is 2. The fourth-order valence-corrected chi connectivity index (χ4v) is 2.09. The predicted octanol–water partition coefficient (Wildman–Crippen LogP) is 2.74. The molecule has 0 aromatic heterocycles. The summed E-state index contributed by atoms with van der Waals surface area (Å²) in [5.74, 6) is 0. The molecule has 18 heavy (non-hydrogen) atoms. The monoisotopic (exact) mass is 238 g/mol. The second-order valence-electron chi connectivity index (χ2n) is 4.27. The van der Waals surface area contributed by atoms with Gasteiger partial charge in [-0.1, -0.05) is 54.6 Å². The van der Waals surface area contributed by atoms with Crippen molar-refractivity contribution in [3.05, 3.63) is 60.2 Å². The molecule has 2 aromatic carbocycles. The number of nitrogens with zero attached hydrogens (tertiary/aromatic N) is 1. The Balaban J connectivity index is 1.82. The van der Waals surface area contributed by atoms with E-state index >= 15 is 0 Å². The van der Waals surface area contributed by atoms with Crippen molar-refractivity contribution in [3.8, 4) is 11.1 Å². The van der Waals surface area contributed by atoms with Crippen molar-refractivity contribution < 1.29 is 4.74 Å². The summed E-state index contributed by atoms with van der Waals surface area (Å²) in [5, 5.41) is 0. The molecule has 0 aliphatic carbocycles. The number of amidine groups is 1. The highest BCUT2D eigenvalue weighted by Gasteiger charge is 2.19. The number of rotatable bonds is 2. The number of hydrogen-bond acceptors (Lipinski definition) is 3. The maximum absolute atomic E-state index is 5.51. The molecule has 1 aliphatic rings. The summed E-state index contributed by atoms with van der Waals surface area (Å²) in [5.41, 5.74) is 9.04. The van der Waals surface area contributed by atoms with Crippen LogP contribution in [-0.4, -0.2) is 12.6 Å². The SMILES string of the molecule is NC1=NCC(c2ccc(-c3ccccc3)cc2)O1. The van der Waals surface area contributed by atoms with E-state index < -0.39 is 0 Å². The molecule has 1 heterocycles. The second kappa shape index (κ2) is 4.53. The number of hydrogen-bond donors (Lipinski definition) is 1. The lowest BCUT2D eigenvalue weighted by atomic mass is 10.0. The van der Waals surface area contributed by atoms with Gasteiger partial charge in [0.15, 0.2) is 0 Å². The quantitative estimate of drug-likeness (QED) is 0.874. The molecular formula is C15H14N2O. The van der Waals surface area contributed by atoms with Crippen molar-refractivity contribution in [2.24, 2.45) is 10.7 Å². The van der Waals surface area contributed by atoms with Crippen LogP contribution in [-0.2, 0) is 4.74 Å². The highest BCUT2D eigenvalue weighted by Crippen LogP contribution is 2.25. The average Bonchev–Trinajstić information content (AvgIpc) is 2.87. The van der Waals surface area contributed by atoms with Crippen LogP contribution in [0.5, 0.6) is 0 Å². The van der Waals surface area contributed by atoms with Gasteiger partial charge < -0.3 is 10.5 Å². The van der Waals surface area contributed by atoms with Crippen LogP contribution in [0.15, 0.2) is 59.6 Å². The molecule has 3 heteroatoms. The normalized spacial score (nSPS) is 18.2. The summed E-state index contributed by atoms with van der Waals surface area (Å²) in [6, 6.07) is 18.9. The van der Waals surface area contributed by atoms with Crippen LogP contribution in [0.1, 0.15) is 11.7 Å². The Morgan fingerprint density at radius 3 is 2.22 bits per heavy atom. The lowest BCUT2D eigenvalue weighted by molar-refractivity contribution is 0.226. The van der Waals surface area contributed by atoms with E-state index in [0.29, 0.717) is 6.54 Å². The molecule has 0 saturated heterocycles. The summed E-state index contributed by atoms with van der Waals surface area (Å²) >= 11 is 0. The molecule has 0 spiro atoms. The molecule has 1 atom stereocenters. The van der Waals surface area contributed by atoms with Crippen molar-refractivity contribution in [1.82, 2.24) is 0 Å². The molecule has 3 nitrogen and oxygen atoms in total. The Hall–Kier alpha value is -2.29. The molecule has 0 saturated carbocycles. The highest BCUT2D eigenvalue weighted by atomic mass is 16.5. The maximum Gasteiger partial charge on any atom is 0.282 e. The zero-order chi connectivity index (χ0) is 12.4. The van der Waals surface area contributed by atoms with E-state index in [1.54, 1.807) is 0 Å². The zero-order valence-corrected chi connectivity index (χ0v) is 9.91. The van der Waals surface area contributed by atoms with E-state index in [-0.39, 0.29) is 12.1 Å². The molecular weight excluding hydrogens is 224 g/mol. The van der Waals surface area contributed by atoms with Crippen molar-refractivity contribution in [2.45, 2.75) is 6.10 Å². The van der Waals surface area contributed by atoms with Crippen LogP contribution >= 0.6 is 0 Å². The van der Waals surface area contributed by atoms with Gasteiger partial charge in [0.1, 0.15) is 6.10 Å². The van der Waals surface area contributed by atoms with E-state index in [9.17, 15) is 0 Å². The molecule has 0 amide bonds. The molecule has 0 bridgehead atoms. The zero-order valence-electron chi connectivity index (χ0n) is 9.91. The van der Waals surface area contributed by atoms with E-state index in [2.05, 4.69) is 41.4 Å². The van der Waals surface area contributed by atoms with Crippen LogP contribution < -0.4 is 5.73 Å². The first-order valence-corrected chi connectivity index (χ1v) is 5.95. The molecule has 2 N–H and O–H groups in total. The minimum Gasteiger partial charge on any atom is -0.455 e. The Morgan fingerprint density at radius 2 is 1.61 bits per heavy atom. The topological polar surface area (TPSA) is 47.6 Å². The smallest absolute Gasteiger partial charge is 0.282 e. The Bertz CT molecular complexity index is 561. The minimum atomic E-state index is -0.0326. The largest absolute Gasteiger partial charge is 0.455 e. The highest BCUT2D eigenvalue weighted by molar-refractivity contribution is 5.73. The van der Waals surface area contributed by atoms with Crippen LogP contribution in [0, 0.1) is 0 Å². The fourth-order valence-electron chi connectivity index (χ4n) is 2.09. The van der Waals surface area contributed by atoms with Crippen LogP contribution in [0.3, 0.4) is 0 Å². The number of ether oxygens (including phenoxy) is 1. The van der Waals surface area contributed by atoms with Gasteiger partial charge in [-0.05, 0) is 16.7 Å². The van der Waals surface area contributed by atoms with Gasteiger partial charge in [0.2, 0.25) is 0 Å². The standard InChI is InChI=1S/C15H14N2O/c16-15-17-10-14(18-15)13-8-6-12(7-9-13)11-4-2-1-3-5-11/h1-9,14H,10H2,(H2,16,17). The van der Waals surface area contributed by atoms with Crippen molar-refractivity contribution in [2.75, 3.05) is 6.54 Å². The van der Waals surface area contributed by atoms with Crippen molar-refractivity contribution >= 4 is 6.02 Å². The van der Waals surface area contributed by atoms with E-state index in [1.807, 2.05) is 18.2 Å². The maximum atomic E-state index is 5.51. The van der Waals surface area contributed by atoms with Gasteiger partial charge in [-0.3, -0.25) is 0 Å². The van der Waals surface area contributed by atoms with Crippen LogP contribution in [0.2, 0.25) is 0 Å². The van der Waals surface area contributed by atoms with Crippen molar-refractivity contribution in [3.63, 3.8) is 0 Å². The summed E-state index contributed by atoms with van der Waals surface area (Å²) < 4.78 is 5.42. The Labute approximate surface area is 106 Å². The van der Waals surface area contributed by atoms with E-state index in [4.69, 9.17) is 10.5 Å². The molecule has 0 radical (unpaired) electrons. The summed E-state index contributed by atoms with van der Waals surface area (Å²) in [6.07, 6.45) is -0.0326. The summed E-state index contributed by atoms with van der Waals surface area (Å²) in [4.78, 5) is 4.05. The van der Waals surface area contributed by atoms with Crippen LogP contribution in [0.25, 0.3) is 11.1 Å². The average molecular weight is 238 g/mol. The molecule has 3 rings (SSSR count). The molecule has 0 fully saturated rings. The van der Waals surface area contributed by atoms with Gasteiger partial charge in [-0.2, -0.15) is 0 Å². The van der Waals surface area contributed by atoms with Gasteiger partial charge in [0.25, 0.3) is 6.02 Å². The lowest BCUT2D eigenvalue weighted by Crippen LogP contribution is -2.13. The first-order chi connectivity index (χ1) is 8.83. The number of nitrogens with two attached hydrogens (primary N) is 1. The molecule has 1 aliphatic heterocycles. The third kappa shape index (κ3) is 2.07. The van der Waals surface area contributed by atoms with Gasteiger partial charge in [0, 0.05) is 0 Å². The van der Waals surface area contributed by atoms with Crippen LogP contribution in [0.4, 0.5) is 0 Å². The van der Waals surface area contributed by atoms with Gasteiger partial charge in [-0.15, -0.1) is 0 Å². The van der Waals surface area contributed by atoms with Crippen molar-refractivity contribution in [1.29, 1.82) is 0 Å². The van der Waals surface area contributed by atoms with Gasteiger partial charge >= 0.3 is 0 Å². The Morgan fingerprint density at radius 1 is 0.944 bits per heavy atom. The lowest BCUT2D eigenvalue weighted by Gasteiger charge is -2.10. The third-order valence-electron chi connectivity index (χ3n) is 3.07. The first-order valence-electron chi connectivity index (χ1n) is 5.95. The molecule has 1 unspecified atom stereocenters. The van der Waals surface area contributed by atoms with E-state index in [1.165, 1.54) is 11.1 Å². The minimum absolute atomic E-state index is 0.0326. The Kier molecular flexibility index (Phi) is 2.73. The van der Waals surface area contributed by atoms with E-state index in [0.717, 1.165) is 5.56 Å². The summed E-state index contributed by atoms with van der Waals surface area (Å²) in [6.45, 7) is 0.608. The fraction of sp³-hybridized carbons (Fsp3) is 0.133. The third-order valence-corrected chi connectivity index (χ3v) is 3.07.